The zero-order valence-corrected chi connectivity index (χ0v) is 34.2. The number of benzene rings is 2. The number of rotatable bonds is 9. The molecule has 2 heterocycles. The van der Waals surface area contributed by atoms with Gasteiger partial charge in [-0.05, 0) is 50.7 Å². The molecule has 62 heavy (non-hydrogen) atoms. The number of Topliss-reactive ketones (excluding diaryl/α,β-unsaturated/α-hetero) is 1. The van der Waals surface area contributed by atoms with Crippen molar-refractivity contribution in [3.8, 4) is 17.2 Å². The molecule has 9 atom stereocenters. The van der Waals surface area contributed by atoms with Gasteiger partial charge in [-0.25, -0.2) is 9.59 Å². The number of aliphatic hydroxyl groups excluding tert-OH is 2. The van der Waals surface area contributed by atoms with E-state index in [-0.39, 0.29) is 66.0 Å². The number of methoxy groups -OCH3 is 1. The Morgan fingerprint density at radius 2 is 1.68 bits per heavy atom. The number of alkyl carbamates (subject to hydrolysis) is 1. The third-order valence-corrected chi connectivity index (χ3v) is 12.4. The topological polar surface area (TPSA) is 282 Å². The standard InChI is InChI=1S/C43H48N2O17/c1-19-7-4-5-8-21(11-12-22(19)41(55)62-45-29(48)13-14-30(45)49)60-42(56)44-25-15-31(59-20(2)36(25)50)61-27-17-43(57,28(47)18-46)16-24-33(27)40(54)35-34(38(24)52)37(51)23-9-6-10-26(58-3)32(23)39(35)53/h5-6,8-10,19-22,25,27,31,36,46,50,52,54,57H,4,7,11-18H2,1-3H3,(H,44,56)/b8-5+/t19?,20-,21-,22+,25-,27-,31-,36+,43-/m0/s1. The summed E-state index contributed by atoms with van der Waals surface area (Å²) in [5.41, 5.74) is -4.30. The largest absolute Gasteiger partial charge is 0.507 e. The molecule has 19 nitrogen and oxygen atoms in total. The van der Waals surface area contributed by atoms with E-state index in [2.05, 4.69) is 5.32 Å². The van der Waals surface area contributed by atoms with Crippen molar-refractivity contribution in [3.63, 3.8) is 0 Å². The lowest BCUT2D eigenvalue weighted by atomic mass is 9.72. The molecule has 0 spiro atoms. The van der Waals surface area contributed by atoms with Gasteiger partial charge in [-0.1, -0.05) is 25.1 Å². The van der Waals surface area contributed by atoms with Gasteiger partial charge in [-0.15, -0.1) is 5.06 Å². The van der Waals surface area contributed by atoms with Crippen LogP contribution in [0.5, 0.6) is 17.2 Å². The van der Waals surface area contributed by atoms with Crippen molar-refractivity contribution in [1.29, 1.82) is 0 Å². The molecule has 0 saturated carbocycles. The number of phenols is 2. The van der Waals surface area contributed by atoms with Crippen molar-refractivity contribution >= 4 is 41.2 Å². The number of ketones is 3. The zero-order valence-electron chi connectivity index (χ0n) is 34.2. The highest BCUT2D eigenvalue weighted by Crippen LogP contribution is 2.52. The number of hydrogen-bond acceptors (Lipinski definition) is 17. The van der Waals surface area contributed by atoms with Gasteiger partial charge in [0.1, 0.15) is 41.7 Å². The van der Waals surface area contributed by atoms with Crippen LogP contribution in [0.15, 0.2) is 30.4 Å². The number of allylic oxidation sites excluding steroid dienone is 1. The van der Waals surface area contributed by atoms with Crippen molar-refractivity contribution in [2.45, 2.75) is 114 Å². The maximum absolute atomic E-state index is 14.0. The first-order valence-electron chi connectivity index (χ1n) is 20.4. The molecule has 5 aliphatic rings. The van der Waals surface area contributed by atoms with Gasteiger partial charge in [0.15, 0.2) is 17.9 Å². The van der Waals surface area contributed by atoms with Crippen LogP contribution in [0, 0.1) is 11.8 Å². The number of nitrogens with zero attached hydrogens (tertiary/aromatic N) is 1. The molecule has 3 aliphatic carbocycles. The number of nitrogens with one attached hydrogen (secondary N) is 1. The lowest BCUT2D eigenvalue weighted by Crippen LogP contribution is -2.56. The number of fused-ring (bicyclic) bond motifs is 3. The Kier molecular flexibility index (Phi) is 12.6. The molecular formula is C43H48N2O17. The molecule has 2 aromatic rings. The number of hydrogen-bond donors (Lipinski definition) is 6. The fourth-order valence-electron chi connectivity index (χ4n) is 8.98. The van der Waals surface area contributed by atoms with Gasteiger partial charge in [0.2, 0.25) is 5.78 Å². The van der Waals surface area contributed by atoms with Gasteiger partial charge in [-0.2, -0.15) is 0 Å². The van der Waals surface area contributed by atoms with E-state index in [1.807, 2.05) is 6.92 Å². The van der Waals surface area contributed by atoms with E-state index in [4.69, 9.17) is 23.8 Å². The number of imide groups is 1. The van der Waals surface area contributed by atoms with E-state index >= 15 is 0 Å². The Hall–Kier alpha value is -5.73. The number of phenolic OH excluding ortho intramolecular Hbond substituents is 2. The van der Waals surface area contributed by atoms with Crippen LogP contribution in [0.25, 0.3) is 0 Å². The van der Waals surface area contributed by atoms with E-state index in [0.29, 0.717) is 17.9 Å². The van der Waals surface area contributed by atoms with Crippen LogP contribution in [-0.2, 0) is 44.6 Å². The van der Waals surface area contributed by atoms with E-state index in [1.54, 1.807) is 12.2 Å². The average molecular weight is 865 g/mol. The van der Waals surface area contributed by atoms with Crippen LogP contribution in [0.3, 0.4) is 0 Å². The van der Waals surface area contributed by atoms with Crippen LogP contribution in [0.4, 0.5) is 4.79 Å². The minimum absolute atomic E-state index is 0.0361. The van der Waals surface area contributed by atoms with Gasteiger partial charge in [-0.3, -0.25) is 24.0 Å². The lowest BCUT2D eigenvalue weighted by molar-refractivity contribution is -0.249. The van der Waals surface area contributed by atoms with Crippen molar-refractivity contribution in [2.24, 2.45) is 11.8 Å². The summed E-state index contributed by atoms with van der Waals surface area (Å²) in [6.45, 7) is 2.22. The predicted octanol–water partition coefficient (Wildman–Crippen LogP) is 2.13. The fourth-order valence-corrected chi connectivity index (χ4v) is 8.98. The summed E-state index contributed by atoms with van der Waals surface area (Å²) in [5, 5.41) is 59.1. The van der Waals surface area contributed by atoms with Gasteiger partial charge in [0.25, 0.3) is 11.8 Å². The maximum atomic E-state index is 14.0. The van der Waals surface area contributed by atoms with Gasteiger partial charge < -0.3 is 54.6 Å². The second-order valence-electron chi connectivity index (χ2n) is 16.3. The molecule has 2 saturated heterocycles. The molecule has 0 radical (unpaired) electrons. The number of hydroxylamine groups is 2. The highest BCUT2D eigenvalue weighted by atomic mass is 16.7. The highest BCUT2D eigenvalue weighted by Gasteiger charge is 2.50. The molecule has 6 N–H and O–H groups in total. The number of ether oxygens (including phenoxy) is 4. The first kappa shape index (κ1) is 44.3. The molecular weight excluding hydrogens is 816 g/mol. The molecule has 2 aliphatic heterocycles. The summed E-state index contributed by atoms with van der Waals surface area (Å²) in [7, 11) is 1.29. The van der Waals surface area contributed by atoms with Crippen LogP contribution in [-0.4, -0.2) is 122 Å². The van der Waals surface area contributed by atoms with Crippen molar-refractivity contribution in [3.05, 3.63) is 63.7 Å². The third kappa shape index (κ3) is 8.17. The van der Waals surface area contributed by atoms with E-state index in [0.717, 1.165) is 0 Å². The SMILES string of the molecule is COc1cccc2c1C(=O)c1c(O)c3c(c(O)c1C2=O)C[C@@](O)(C(=O)CO)C[C@@H]3O[C@H]1C[C@H](NC(=O)O[C@H]2/C=C/CCC(C)[C@H](C(=O)ON3C(=O)CCC3=O)CC2)[C@H](O)[C@H](C)O1. The third-order valence-electron chi connectivity index (χ3n) is 12.4. The Bertz CT molecular complexity index is 2220. The molecule has 332 valence electrons. The van der Waals surface area contributed by atoms with Crippen molar-refractivity contribution in [1.82, 2.24) is 10.4 Å². The van der Waals surface area contributed by atoms with Crippen LogP contribution in [0.2, 0.25) is 0 Å². The molecule has 1 unspecified atom stereocenters. The first-order chi connectivity index (χ1) is 29.5. The average Bonchev–Trinajstić information content (AvgIpc) is 3.59. The Labute approximate surface area is 354 Å². The first-order valence-corrected chi connectivity index (χ1v) is 20.4. The molecule has 0 bridgehead atoms. The summed E-state index contributed by atoms with van der Waals surface area (Å²) >= 11 is 0. The van der Waals surface area contributed by atoms with E-state index < -0.39 is 132 Å². The van der Waals surface area contributed by atoms with Crippen LogP contribution in [0.1, 0.15) is 114 Å². The number of aromatic hydroxyl groups is 2. The van der Waals surface area contributed by atoms with E-state index in [9.17, 15) is 59.1 Å². The summed E-state index contributed by atoms with van der Waals surface area (Å²) in [6, 6.07) is 3.17. The summed E-state index contributed by atoms with van der Waals surface area (Å²) < 4.78 is 23.2. The smallest absolute Gasteiger partial charge is 0.408 e. The number of carbonyl (C=O) groups is 7. The number of carbonyl (C=O) groups excluding carboxylic acids is 7. The normalized spacial score (nSPS) is 30.2. The minimum atomic E-state index is -2.39. The quantitative estimate of drug-likeness (QED) is 0.102. The van der Waals surface area contributed by atoms with Crippen LogP contribution >= 0.6 is 0 Å². The molecule has 2 fully saturated rings. The molecule has 2 aromatic carbocycles. The maximum Gasteiger partial charge on any atom is 0.408 e. The van der Waals surface area contributed by atoms with Gasteiger partial charge >= 0.3 is 12.1 Å². The molecule has 19 heteroatoms. The Morgan fingerprint density at radius 1 is 0.968 bits per heavy atom. The summed E-state index contributed by atoms with van der Waals surface area (Å²) in [6.07, 6.45) is -3.73. The second kappa shape index (κ2) is 17.6. The number of aliphatic hydroxyl groups is 3. The molecule has 7 rings (SSSR count). The Balaban J connectivity index is 1.10. The Morgan fingerprint density at radius 3 is 2.37 bits per heavy atom. The van der Waals surface area contributed by atoms with E-state index in [1.165, 1.54) is 32.2 Å². The lowest BCUT2D eigenvalue weighted by Gasteiger charge is -2.42. The van der Waals surface area contributed by atoms with Gasteiger partial charge in [0.05, 0.1) is 48.0 Å². The molecule has 3 amide bonds. The summed E-state index contributed by atoms with van der Waals surface area (Å²) in [5.74, 6) is -7.13. The number of amides is 3. The van der Waals surface area contributed by atoms with Crippen LogP contribution < -0.4 is 10.1 Å². The zero-order chi connectivity index (χ0) is 44.8. The monoisotopic (exact) mass is 864 g/mol. The summed E-state index contributed by atoms with van der Waals surface area (Å²) in [4.78, 5) is 96.7. The van der Waals surface area contributed by atoms with Gasteiger partial charge in [0, 0.05) is 48.8 Å². The van der Waals surface area contributed by atoms with Crippen molar-refractivity contribution < 1.29 is 82.9 Å². The fraction of sp³-hybridized carbons (Fsp3) is 0.512. The van der Waals surface area contributed by atoms with Crippen molar-refractivity contribution in [2.75, 3.05) is 13.7 Å². The predicted molar refractivity (Wildman–Crippen MR) is 208 cm³/mol. The highest BCUT2D eigenvalue weighted by molar-refractivity contribution is 6.31. The molecule has 0 aromatic heterocycles. The second-order valence-corrected chi connectivity index (χ2v) is 16.3. The minimum Gasteiger partial charge on any atom is -0.507 e.